The molecule has 0 unspecified atom stereocenters. The van der Waals surface area contributed by atoms with E-state index in [1.54, 1.807) is 0 Å². The first-order valence-electron chi connectivity index (χ1n) is 3.38. The van der Waals surface area contributed by atoms with E-state index in [0.717, 1.165) is 0 Å². The summed E-state index contributed by atoms with van der Waals surface area (Å²) in [6.07, 6.45) is -2.07. The van der Waals surface area contributed by atoms with Gasteiger partial charge in [0.25, 0.3) is 0 Å². The van der Waals surface area contributed by atoms with Crippen LogP contribution in [0.4, 0.5) is 35.1 Å². The Morgan fingerprint density at radius 3 is 1.43 bits per heavy atom. The minimum Gasteiger partial charge on any atom is -0.251 e. The van der Waals surface area contributed by atoms with Gasteiger partial charge >= 0.3 is 17.8 Å². The summed E-state index contributed by atoms with van der Waals surface area (Å²) >= 11 is 0. The molecule has 0 aliphatic heterocycles. The second kappa shape index (κ2) is 3.90. The molecule has 14 heavy (non-hydrogen) atoms. The van der Waals surface area contributed by atoms with Crippen molar-refractivity contribution in [1.29, 1.82) is 0 Å². The fourth-order valence-corrected chi connectivity index (χ4v) is 0.627. The Morgan fingerprint density at radius 2 is 1.14 bits per heavy atom. The van der Waals surface area contributed by atoms with E-state index in [-0.39, 0.29) is 0 Å². The fraction of sp³-hybridized carbons (Fsp3) is 1.00. The molecule has 0 aliphatic rings. The zero-order chi connectivity index (χ0) is 11.6. The highest BCUT2D eigenvalue weighted by Crippen LogP contribution is 2.47. The molecule has 0 aromatic heterocycles. The van der Waals surface area contributed by atoms with Crippen molar-refractivity contribution in [2.24, 2.45) is 0 Å². The summed E-state index contributed by atoms with van der Waals surface area (Å²) in [7, 11) is 0. The second-order valence-electron chi connectivity index (χ2n) is 2.56. The average molecular weight is 230 g/mol. The summed E-state index contributed by atoms with van der Waals surface area (Å²) in [6, 6.07) is 0. The van der Waals surface area contributed by atoms with Crippen LogP contribution in [-0.2, 0) is 0 Å². The zero-order valence-electron chi connectivity index (χ0n) is 6.65. The SMILES string of the molecule is FCCC(F)(F)C(F)(F)C(F)(F)CF. The van der Waals surface area contributed by atoms with E-state index >= 15 is 0 Å². The van der Waals surface area contributed by atoms with Gasteiger partial charge in [-0.05, 0) is 0 Å². The molecule has 0 nitrogen and oxygen atoms in total. The molecule has 0 amide bonds. The predicted octanol–water partition coefficient (Wildman–Crippen LogP) is 3.22. The second-order valence-corrected chi connectivity index (χ2v) is 2.56. The van der Waals surface area contributed by atoms with Crippen LogP contribution < -0.4 is 0 Å². The van der Waals surface area contributed by atoms with Gasteiger partial charge in [-0.2, -0.15) is 26.3 Å². The molecule has 0 saturated heterocycles. The van der Waals surface area contributed by atoms with Crippen LogP contribution in [0.1, 0.15) is 6.42 Å². The Kier molecular flexibility index (Phi) is 3.74. The quantitative estimate of drug-likeness (QED) is 0.636. The molecular weight excluding hydrogens is 224 g/mol. The van der Waals surface area contributed by atoms with Crippen LogP contribution in [0.25, 0.3) is 0 Å². The first kappa shape index (κ1) is 13.4. The van der Waals surface area contributed by atoms with Crippen LogP contribution in [0, 0.1) is 0 Å². The minimum atomic E-state index is -5.89. The molecule has 0 saturated carbocycles. The maximum atomic E-state index is 12.3. The first-order valence-corrected chi connectivity index (χ1v) is 3.38. The molecule has 86 valence electrons. The van der Waals surface area contributed by atoms with Crippen LogP contribution >= 0.6 is 0 Å². The molecule has 0 rings (SSSR count). The molecule has 0 heterocycles. The number of hydrogen-bond donors (Lipinski definition) is 0. The van der Waals surface area contributed by atoms with Crippen molar-refractivity contribution in [3.05, 3.63) is 0 Å². The highest BCUT2D eigenvalue weighted by atomic mass is 19.3. The number of hydrogen-bond acceptors (Lipinski definition) is 0. The number of alkyl halides is 8. The standard InChI is InChI=1S/C6H6F8/c7-2-1-4(9,10)6(13,14)5(11,12)3-8/h1-3H2. The van der Waals surface area contributed by atoms with Crippen molar-refractivity contribution in [1.82, 2.24) is 0 Å². The molecule has 0 spiro atoms. The lowest BCUT2D eigenvalue weighted by Gasteiger charge is -2.30. The summed E-state index contributed by atoms with van der Waals surface area (Å²) in [5, 5.41) is 0. The number of rotatable bonds is 5. The molecule has 0 fully saturated rings. The zero-order valence-corrected chi connectivity index (χ0v) is 6.65. The van der Waals surface area contributed by atoms with Crippen molar-refractivity contribution < 1.29 is 35.1 Å². The third kappa shape index (κ3) is 2.09. The van der Waals surface area contributed by atoms with E-state index in [1.165, 1.54) is 0 Å². The maximum Gasteiger partial charge on any atom is 0.374 e. The lowest BCUT2D eigenvalue weighted by molar-refractivity contribution is -0.313. The van der Waals surface area contributed by atoms with E-state index < -0.39 is 37.5 Å². The van der Waals surface area contributed by atoms with Gasteiger partial charge in [-0.3, -0.25) is 4.39 Å². The van der Waals surface area contributed by atoms with Gasteiger partial charge in [0.2, 0.25) is 0 Å². The Bertz CT molecular complexity index is 186. The molecule has 0 aromatic carbocycles. The Morgan fingerprint density at radius 1 is 0.714 bits per heavy atom. The minimum absolute atomic E-state index is 1.90. The van der Waals surface area contributed by atoms with E-state index in [9.17, 15) is 35.1 Å². The fourth-order valence-electron chi connectivity index (χ4n) is 0.627. The van der Waals surface area contributed by atoms with Gasteiger partial charge in [-0.1, -0.05) is 0 Å². The highest BCUT2D eigenvalue weighted by molar-refractivity contribution is 4.95. The van der Waals surface area contributed by atoms with E-state index in [2.05, 4.69) is 0 Å². The van der Waals surface area contributed by atoms with Gasteiger partial charge in [-0.15, -0.1) is 0 Å². The molecule has 0 aromatic rings. The molecule has 0 N–H and O–H groups in total. The highest BCUT2D eigenvalue weighted by Gasteiger charge is 2.71. The normalized spacial score (nSPS) is 14.6. The van der Waals surface area contributed by atoms with Gasteiger partial charge in [0, 0.05) is 6.42 Å². The van der Waals surface area contributed by atoms with E-state index in [0.29, 0.717) is 0 Å². The summed E-state index contributed by atoms with van der Waals surface area (Å²) in [5.74, 6) is -16.6. The smallest absolute Gasteiger partial charge is 0.251 e. The van der Waals surface area contributed by atoms with Crippen LogP contribution in [0.3, 0.4) is 0 Å². The average Bonchev–Trinajstić information content (AvgIpc) is 2.03. The van der Waals surface area contributed by atoms with E-state index in [4.69, 9.17) is 0 Å². The van der Waals surface area contributed by atoms with Crippen LogP contribution in [0.2, 0.25) is 0 Å². The third-order valence-corrected chi connectivity index (χ3v) is 1.50. The lowest BCUT2D eigenvalue weighted by Crippen LogP contribution is -2.55. The molecule has 8 heteroatoms. The molecule has 0 bridgehead atoms. The number of halogens is 8. The van der Waals surface area contributed by atoms with Crippen LogP contribution in [0.5, 0.6) is 0 Å². The van der Waals surface area contributed by atoms with E-state index in [1.807, 2.05) is 0 Å². The molecule has 0 aliphatic carbocycles. The van der Waals surface area contributed by atoms with Crippen molar-refractivity contribution >= 4 is 0 Å². The maximum absolute atomic E-state index is 12.3. The van der Waals surface area contributed by atoms with Gasteiger partial charge in [0.15, 0.2) is 6.67 Å². The van der Waals surface area contributed by atoms with Crippen molar-refractivity contribution in [2.75, 3.05) is 13.3 Å². The first-order chi connectivity index (χ1) is 6.12. The van der Waals surface area contributed by atoms with Crippen LogP contribution in [0.15, 0.2) is 0 Å². The van der Waals surface area contributed by atoms with Crippen molar-refractivity contribution in [3.8, 4) is 0 Å². The summed E-state index contributed by atoms with van der Waals surface area (Å²) < 4.78 is 95.8. The van der Waals surface area contributed by atoms with Gasteiger partial charge < -0.3 is 0 Å². The lowest BCUT2D eigenvalue weighted by atomic mass is 10.0. The van der Waals surface area contributed by atoms with Gasteiger partial charge in [0.1, 0.15) is 0 Å². The third-order valence-electron chi connectivity index (χ3n) is 1.50. The topological polar surface area (TPSA) is 0 Å². The molecule has 0 atom stereocenters. The Hall–Kier alpha value is -0.560. The van der Waals surface area contributed by atoms with Gasteiger partial charge in [0.05, 0.1) is 6.67 Å². The monoisotopic (exact) mass is 230 g/mol. The Balaban J connectivity index is 4.92. The summed E-state index contributed by atoms with van der Waals surface area (Å²) in [6.45, 7) is -4.83. The van der Waals surface area contributed by atoms with Crippen LogP contribution in [-0.4, -0.2) is 31.1 Å². The molecule has 0 radical (unpaired) electrons. The summed E-state index contributed by atoms with van der Waals surface area (Å²) in [5.41, 5.74) is 0. The largest absolute Gasteiger partial charge is 0.374 e. The predicted molar refractivity (Wildman–Crippen MR) is 31.4 cm³/mol. The molecular formula is C6H6F8. The van der Waals surface area contributed by atoms with Crippen molar-refractivity contribution in [2.45, 2.75) is 24.2 Å². The van der Waals surface area contributed by atoms with Crippen molar-refractivity contribution in [3.63, 3.8) is 0 Å². The van der Waals surface area contributed by atoms with Gasteiger partial charge in [-0.25, -0.2) is 4.39 Å². The Labute approximate surface area is 73.9 Å². The summed E-state index contributed by atoms with van der Waals surface area (Å²) in [4.78, 5) is 0.